The van der Waals surface area contributed by atoms with Crippen molar-refractivity contribution >= 4 is 0 Å². The van der Waals surface area contributed by atoms with Crippen LogP contribution < -0.4 is 5.32 Å². The van der Waals surface area contributed by atoms with Gasteiger partial charge in [-0.3, -0.25) is 0 Å². The van der Waals surface area contributed by atoms with Crippen molar-refractivity contribution in [3.05, 3.63) is 0 Å². The molecular weight excluding hydrogens is 182 g/mol. The van der Waals surface area contributed by atoms with Crippen molar-refractivity contribution in [1.82, 2.24) is 5.32 Å². The van der Waals surface area contributed by atoms with Crippen LogP contribution in [-0.4, -0.2) is 48.2 Å². The smallest absolute Gasteiger partial charge is 0.105 e. The van der Waals surface area contributed by atoms with Gasteiger partial charge in [0.25, 0.3) is 0 Å². The lowest BCUT2D eigenvalue weighted by atomic mass is 9.96. The Morgan fingerprint density at radius 1 is 1.64 bits per heavy atom. The quantitative estimate of drug-likeness (QED) is 0.576. The van der Waals surface area contributed by atoms with Crippen LogP contribution in [0.25, 0.3) is 0 Å². The highest BCUT2D eigenvalue weighted by molar-refractivity contribution is 4.91. The molecule has 1 fully saturated rings. The van der Waals surface area contributed by atoms with Gasteiger partial charge in [0.05, 0.1) is 6.10 Å². The molecule has 0 bridgehead atoms. The first-order valence-electron chi connectivity index (χ1n) is 5.24. The monoisotopic (exact) mass is 203 g/mol. The van der Waals surface area contributed by atoms with Crippen molar-refractivity contribution in [2.75, 3.05) is 26.3 Å². The van der Waals surface area contributed by atoms with Crippen molar-refractivity contribution in [3.63, 3.8) is 0 Å². The van der Waals surface area contributed by atoms with E-state index in [1.807, 2.05) is 13.8 Å². The van der Waals surface area contributed by atoms with Crippen LogP contribution >= 0.6 is 0 Å². The Labute approximate surface area is 85.3 Å². The maximum atomic E-state index is 10.1. The van der Waals surface area contributed by atoms with Gasteiger partial charge in [0.15, 0.2) is 0 Å². The molecule has 0 amide bonds. The van der Waals surface area contributed by atoms with Crippen LogP contribution in [0.5, 0.6) is 0 Å². The molecule has 1 rings (SSSR count). The molecule has 14 heavy (non-hydrogen) atoms. The molecule has 0 saturated carbocycles. The topological polar surface area (TPSA) is 61.7 Å². The highest BCUT2D eigenvalue weighted by Crippen LogP contribution is 2.24. The molecular formula is C10H21NO3. The standard InChI is InChI=1S/C10H21NO3/c1-8(6-12)5-11-7-10(13)3-4-14-9(10)2/h8-9,11-13H,3-7H2,1-2H3. The van der Waals surface area contributed by atoms with E-state index in [2.05, 4.69) is 5.32 Å². The third-order valence-corrected chi connectivity index (χ3v) is 2.90. The molecule has 3 unspecified atom stereocenters. The SMILES string of the molecule is CC(CO)CNCC1(O)CCOC1C. The number of aliphatic hydroxyl groups excluding tert-OH is 1. The summed E-state index contributed by atoms with van der Waals surface area (Å²) in [5, 5.41) is 22.1. The van der Waals surface area contributed by atoms with Crippen molar-refractivity contribution in [3.8, 4) is 0 Å². The Balaban J connectivity index is 2.23. The highest BCUT2D eigenvalue weighted by atomic mass is 16.5. The first kappa shape index (κ1) is 11.9. The molecule has 1 heterocycles. The van der Waals surface area contributed by atoms with Crippen LogP contribution in [-0.2, 0) is 4.74 Å². The number of nitrogens with one attached hydrogen (secondary N) is 1. The second-order valence-electron chi connectivity index (χ2n) is 4.29. The molecule has 0 aromatic heterocycles. The van der Waals surface area contributed by atoms with Gasteiger partial charge in [-0.2, -0.15) is 0 Å². The number of hydrogen-bond acceptors (Lipinski definition) is 4. The van der Waals surface area contributed by atoms with E-state index in [9.17, 15) is 5.11 Å². The van der Waals surface area contributed by atoms with Crippen molar-refractivity contribution in [2.24, 2.45) is 5.92 Å². The van der Waals surface area contributed by atoms with Gasteiger partial charge in [0, 0.05) is 26.2 Å². The second-order valence-corrected chi connectivity index (χ2v) is 4.29. The minimum atomic E-state index is -0.727. The third-order valence-electron chi connectivity index (χ3n) is 2.90. The zero-order chi connectivity index (χ0) is 10.6. The minimum Gasteiger partial charge on any atom is -0.396 e. The molecule has 1 aliphatic heterocycles. The zero-order valence-electron chi connectivity index (χ0n) is 8.99. The van der Waals surface area contributed by atoms with E-state index in [1.165, 1.54) is 0 Å². The van der Waals surface area contributed by atoms with E-state index in [1.54, 1.807) is 0 Å². The molecule has 0 aromatic carbocycles. The summed E-state index contributed by atoms with van der Waals surface area (Å²) in [4.78, 5) is 0. The molecule has 0 aromatic rings. The lowest BCUT2D eigenvalue weighted by Crippen LogP contribution is -2.46. The van der Waals surface area contributed by atoms with Crippen molar-refractivity contribution in [2.45, 2.75) is 32.0 Å². The summed E-state index contributed by atoms with van der Waals surface area (Å²) in [6.45, 7) is 5.94. The van der Waals surface area contributed by atoms with Gasteiger partial charge in [-0.05, 0) is 19.4 Å². The molecule has 0 radical (unpaired) electrons. The fraction of sp³-hybridized carbons (Fsp3) is 1.00. The van der Waals surface area contributed by atoms with Crippen LogP contribution in [0.3, 0.4) is 0 Å². The van der Waals surface area contributed by atoms with E-state index >= 15 is 0 Å². The maximum Gasteiger partial charge on any atom is 0.105 e. The molecule has 1 aliphatic rings. The zero-order valence-corrected chi connectivity index (χ0v) is 8.99. The van der Waals surface area contributed by atoms with Gasteiger partial charge in [-0.15, -0.1) is 0 Å². The summed E-state index contributed by atoms with van der Waals surface area (Å²) in [6.07, 6.45) is 0.591. The lowest BCUT2D eigenvalue weighted by molar-refractivity contribution is -0.0266. The Morgan fingerprint density at radius 3 is 2.86 bits per heavy atom. The average Bonchev–Trinajstić information content (AvgIpc) is 2.47. The van der Waals surface area contributed by atoms with Gasteiger partial charge in [-0.1, -0.05) is 6.92 Å². The summed E-state index contributed by atoms with van der Waals surface area (Å²) in [5.41, 5.74) is -0.727. The highest BCUT2D eigenvalue weighted by Gasteiger charge is 2.38. The van der Waals surface area contributed by atoms with Gasteiger partial charge in [0.2, 0.25) is 0 Å². The maximum absolute atomic E-state index is 10.1. The number of rotatable bonds is 5. The normalized spacial score (nSPS) is 34.7. The van der Waals surface area contributed by atoms with E-state index in [0.717, 1.165) is 6.54 Å². The molecule has 1 saturated heterocycles. The van der Waals surface area contributed by atoms with E-state index in [0.29, 0.717) is 19.6 Å². The van der Waals surface area contributed by atoms with E-state index in [-0.39, 0.29) is 18.6 Å². The first-order chi connectivity index (χ1) is 6.58. The Morgan fingerprint density at radius 2 is 2.36 bits per heavy atom. The molecule has 0 spiro atoms. The Bertz CT molecular complexity index is 177. The first-order valence-corrected chi connectivity index (χ1v) is 5.24. The van der Waals surface area contributed by atoms with Gasteiger partial charge >= 0.3 is 0 Å². The van der Waals surface area contributed by atoms with Crippen molar-refractivity contribution in [1.29, 1.82) is 0 Å². The molecule has 3 N–H and O–H groups in total. The van der Waals surface area contributed by atoms with E-state index < -0.39 is 5.60 Å². The third kappa shape index (κ3) is 2.92. The van der Waals surface area contributed by atoms with Crippen LogP contribution in [0.4, 0.5) is 0 Å². The molecule has 4 nitrogen and oxygen atoms in total. The second kappa shape index (κ2) is 5.07. The van der Waals surface area contributed by atoms with Crippen LogP contribution in [0.2, 0.25) is 0 Å². The Kier molecular flexibility index (Phi) is 4.31. The number of hydrogen-bond donors (Lipinski definition) is 3. The molecule has 0 aliphatic carbocycles. The van der Waals surface area contributed by atoms with Crippen LogP contribution in [0.1, 0.15) is 20.3 Å². The van der Waals surface area contributed by atoms with Crippen LogP contribution in [0.15, 0.2) is 0 Å². The van der Waals surface area contributed by atoms with Gasteiger partial charge in [-0.25, -0.2) is 0 Å². The summed E-state index contributed by atoms with van der Waals surface area (Å²) in [6, 6.07) is 0. The largest absolute Gasteiger partial charge is 0.396 e. The van der Waals surface area contributed by atoms with Gasteiger partial charge < -0.3 is 20.3 Å². The van der Waals surface area contributed by atoms with Crippen LogP contribution in [0, 0.1) is 5.92 Å². The van der Waals surface area contributed by atoms with Gasteiger partial charge in [0.1, 0.15) is 5.60 Å². The summed E-state index contributed by atoms with van der Waals surface area (Å²) < 4.78 is 5.31. The average molecular weight is 203 g/mol. The van der Waals surface area contributed by atoms with Crippen molar-refractivity contribution < 1.29 is 14.9 Å². The minimum absolute atomic E-state index is 0.0977. The van der Waals surface area contributed by atoms with E-state index in [4.69, 9.17) is 9.84 Å². The number of ether oxygens (including phenoxy) is 1. The molecule has 3 atom stereocenters. The fourth-order valence-electron chi connectivity index (χ4n) is 1.60. The fourth-order valence-corrected chi connectivity index (χ4v) is 1.60. The lowest BCUT2D eigenvalue weighted by Gasteiger charge is -2.26. The predicted molar refractivity (Wildman–Crippen MR) is 54.1 cm³/mol. The molecule has 84 valence electrons. The molecule has 4 heteroatoms. The summed E-state index contributed by atoms with van der Waals surface area (Å²) >= 11 is 0. The predicted octanol–water partition coefficient (Wildman–Crippen LogP) is -0.256. The summed E-state index contributed by atoms with van der Waals surface area (Å²) in [5.74, 6) is 0.233. The number of aliphatic hydroxyl groups is 2. The summed E-state index contributed by atoms with van der Waals surface area (Å²) in [7, 11) is 0. The Hall–Kier alpha value is -0.160.